The highest BCUT2D eigenvalue weighted by Gasteiger charge is 2.49. The van der Waals surface area contributed by atoms with Crippen molar-refractivity contribution in [3.05, 3.63) is 23.8 Å². The Morgan fingerprint density at radius 1 is 1.50 bits per heavy atom. The molecule has 1 saturated heterocycles. The summed E-state index contributed by atoms with van der Waals surface area (Å²) < 4.78 is 0. The Labute approximate surface area is 134 Å². The van der Waals surface area contributed by atoms with E-state index in [2.05, 4.69) is 41.1 Å². The first-order chi connectivity index (χ1) is 10.8. The summed E-state index contributed by atoms with van der Waals surface area (Å²) in [7, 11) is 2.02. The first-order valence-electron chi connectivity index (χ1n) is 8.67. The van der Waals surface area contributed by atoms with Gasteiger partial charge in [-0.1, -0.05) is 30.7 Å². The topological polar surface area (TPSA) is 59.9 Å². The predicted molar refractivity (Wildman–Crippen MR) is 89.3 cm³/mol. The predicted octanol–water partition coefficient (Wildman–Crippen LogP) is 1.58. The first-order valence-corrected chi connectivity index (χ1v) is 8.67. The molecule has 1 aliphatic heterocycles. The lowest BCUT2D eigenvalue weighted by Crippen LogP contribution is -2.61. The van der Waals surface area contributed by atoms with E-state index < -0.39 is 0 Å². The Morgan fingerprint density at radius 3 is 3.00 bits per heavy atom. The second-order valence-corrected chi connectivity index (χ2v) is 6.96. The van der Waals surface area contributed by atoms with Crippen LogP contribution in [0.3, 0.4) is 0 Å². The summed E-state index contributed by atoms with van der Waals surface area (Å²) >= 11 is 0. The van der Waals surface area contributed by atoms with Gasteiger partial charge in [0.05, 0.1) is 12.0 Å². The zero-order valence-electron chi connectivity index (χ0n) is 13.7. The van der Waals surface area contributed by atoms with Crippen LogP contribution in [-0.4, -0.2) is 38.3 Å². The van der Waals surface area contributed by atoms with Crippen LogP contribution in [0.4, 0.5) is 0 Å². The molecular weight excluding hydrogens is 272 g/mol. The van der Waals surface area contributed by atoms with Gasteiger partial charge in [0.25, 0.3) is 0 Å². The lowest BCUT2D eigenvalue weighted by Gasteiger charge is -2.38. The molecule has 0 amide bonds. The third-order valence-corrected chi connectivity index (χ3v) is 5.62. The van der Waals surface area contributed by atoms with Gasteiger partial charge in [0.1, 0.15) is 0 Å². The Bertz CT molecular complexity index is 490. The van der Waals surface area contributed by atoms with E-state index in [1.807, 2.05) is 13.1 Å². The molecule has 0 radical (unpaired) electrons. The summed E-state index contributed by atoms with van der Waals surface area (Å²) in [5, 5.41) is 20.1. The lowest BCUT2D eigenvalue weighted by atomic mass is 9.83. The van der Waals surface area contributed by atoms with Crippen molar-refractivity contribution in [2.45, 2.75) is 44.3 Å². The summed E-state index contributed by atoms with van der Waals surface area (Å²) in [4.78, 5) is 0. The van der Waals surface area contributed by atoms with E-state index >= 15 is 0 Å². The van der Waals surface area contributed by atoms with Gasteiger partial charge in [-0.2, -0.15) is 5.26 Å². The third-order valence-electron chi connectivity index (χ3n) is 5.62. The Morgan fingerprint density at radius 2 is 2.36 bits per heavy atom. The molecular formula is C18H28N4. The number of hydrogen-bond donors (Lipinski definition) is 3. The third kappa shape index (κ3) is 2.99. The highest BCUT2D eigenvalue weighted by Crippen LogP contribution is 2.43. The SMILES string of the molecule is CCC(CNC)NC1C(C2=CC=C[C@H](C#N)C2)CC2CNC21. The molecule has 0 spiro atoms. The molecule has 0 aromatic heterocycles. The van der Waals surface area contributed by atoms with Crippen LogP contribution in [0.5, 0.6) is 0 Å². The molecule has 4 nitrogen and oxygen atoms in total. The maximum atomic E-state index is 9.22. The summed E-state index contributed by atoms with van der Waals surface area (Å²) in [6, 6.07) is 4.05. The van der Waals surface area contributed by atoms with Crippen molar-refractivity contribution in [1.29, 1.82) is 5.26 Å². The van der Waals surface area contributed by atoms with E-state index in [1.165, 1.54) is 12.0 Å². The van der Waals surface area contributed by atoms with Gasteiger partial charge in [-0.15, -0.1) is 0 Å². The number of hydrogen-bond acceptors (Lipinski definition) is 4. The molecule has 0 aromatic carbocycles. The fourth-order valence-corrected chi connectivity index (χ4v) is 4.30. The van der Waals surface area contributed by atoms with Crippen LogP contribution >= 0.6 is 0 Å². The van der Waals surface area contributed by atoms with Crippen LogP contribution in [0.2, 0.25) is 0 Å². The highest BCUT2D eigenvalue weighted by molar-refractivity contribution is 5.29. The minimum atomic E-state index is 0.0612. The quantitative estimate of drug-likeness (QED) is 0.697. The number of nitrogens with zero attached hydrogens (tertiary/aromatic N) is 1. The standard InChI is InChI=1S/C18H28N4/c1-3-15(11-20-2)22-18-16(8-14-10-21-17(14)18)13-6-4-5-12(7-13)9-19/h4-6,12,14-18,20-22H,3,7-8,10-11H2,1-2H3/t12-,14?,15?,16?,17?,18?/m0/s1. The molecule has 0 aromatic rings. The van der Waals surface area contributed by atoms with Crippen LogP contribution in [0.15, 0.2) is 23.8 Å². The van der Waals surface area contributed by atoms with E-state index in [-0.39, 0.29) is 5.92 Å². The number of nitrogens with one attached hydrogen (secondary N) is 3. The Hall–Kier alpha value is -1.15. The van der Waals surface area contributed by atoms with E-state index in [0.717, 1.165) is 31.8 Å². The number of likely N-dealkylation sites (N-methyl/N-ethyl adjacent to an activating group) is 1. The molecule has 0 bridgehead atoms. The van der Waals surface area contributed by atoms with Crippen LogP contribution in [-0.2, 0) is 0 Å². The average Bonchev–Trinajstić information content (AvgIpc) is 2.77. The minimum Gasteiger partial charge on any atom is -0.318 e. The van der Waals surface area contributed by atoms with Crippen LogP contribution in [0, 0.1) is 29.1 Å². The molecule has 5 unspecified atom stereocenters. The minimum absolute atomic E-state index is 0.0612. The zero-order chi connectivity index (χ0) is 15.5. The summed E-state index contributed by atoms with van der Waals surface area (Å²) in [5.74, 6) is 1.45. The maximum absolute atomic E-state index is 9.22. The highest BCUT2D eigenvalue weighted by atomic mass is 15.1. The van der Waals surface area contributed by atoms with Gasteiger partial charge < -0.3 is 16.0 Å². The molecule has 6 atom stereocenters. The smallest absolute Gasteiger partial charge is 0.0700 e. The zero-order valence-corrected chi connectivity index (χ0v) is 13.7. The molecule has 120 valence electrons. The molecule has 2 aliphatic carbocycles. The molecule has 1 heterocycles. The average molecular weight is 300 g/mol. The molecule has 1 saturated carbocycles. The normalized spacial score (nSPS) is 37.9. The maximum Gasteiger partial charge on any atom is 0.0700 e. The van der Waals surface area contributed by atoms with E-state index in [4.69, 9.17) is 0 Å². The second kappa shape index (κ2) is 6.95. The number of fused-ring (bicyclic) bond motifs is 1. The van der Waals surface area contributed by atoms with Crippen LogP contribution in [0.25, 0.3) is 0 Å². The van der Waals surface area contributed by atoms with Gasteiger partial charge >= 0.3 is 0 Å². The van der Waals surface area contributed by atoms with E-state index in [1.54, 1.807) is 0 Å². The molecule has 3 aliphatic rings. The second-order valence-electron chi connectivity index (χ2n) is 6.96. The van der Waals surface area contributed by atoms with Gasteiger partial charge in [-0.3, -0.25) is 0 Å². The van der Waals surface area contributed by atoms with Crippen molar-refractivity contribution >= 4 is 0 Å². The van der Waals surface area contributed by atoms with Gasteiger partial charge in [0.15, 0.2) is 0 Å². The molecule has 22 heavy (non-hydrogen) atoms. The summed E-state index contributed by atoms with van der Waals surface area (Å²) in [6.45, 7) is 4.42. The van der Waals surface area contributed by atoms with E-state index in [9.17, 15) is 5.26 Å². The summed E-state index contributed by atoms with van der Waals surface area (Å²) in [6.07, 6.45) is 9.70. The van der Waals surface area contributed by atoms with E-state index in [0.29, 0.717) is 24.0 Å². The number of allylic oxidation sites excluding steroid dienone is 3. The van der Waals surface area contributed by atoms with Crippen LogP contribution in [0.1, 0.15) is 26.2 Å². The Kier molecular flexibility index (Phi) is 4.97. The molecule has 4 heteroatoms. The fourth-order valence-electron chi connectivity index (χ4n) is 4.30. The molecule has 2 fully saturated rings. The van der Waals surface area contributed by atoms with Gasteiger partial charge in [0, 0.05) is 24.7 Å². The monoisotopic (exact) mass is 300 g/mol. The molecule has 3 N–H and O–H groups in total. The number of nitriles is 1. The van der Waals surface area contributed by atoms with Crippen molar-refractivity contribution in [3.63, 3.8) is 0 Å². The van der Waals surface area contributed by atoms with Crippen molar-refractivity contribution < 1.29 is 0 Å². The fraction of sp³-hybridized carbons (Fsp3) is 0.722. The lowest BCUT2D eigenvalue weighted by molar-refractivity contribution is 0.227. The van der Waals surface area contributed by atoms with Crippen molar-refractivity contribution in [2.75, 3.05) is 20.1 Å². The van der Waals surface area contributed by atoms with Gasteiger partial charge in [-0.05, 0) is 44.7 Å². The Balaban J connectivity index is 1.73. The molecule has 3 rings (SSSR count). The van der Waals surface area contributed by atoms with Crippen molar-refractivity contribution in [3.8, 4) is 6.07 Å². The van der Waals surface area contributed by atoms with Crippen LogP contribution < -0.4 is 16.0 Å². The van der Waals surface area contributed by atoms with Gasteiger partial charge in [0.2, 0.25) is 0 Å². The largest absolute Gasteiger partial charge is 0.318 e. The van der Waals surface area contributed by atoms with Crippen molar-refractivity contribution in [1.82, 2.24) is 16.0 Å². The number of rotatable bonds is 6. The summed E-state index contributed by atoms with van der Waals surface area (Å²) in [5.41, 5.74) is 1.47. The van der Waals surface area contributed by atoms with Gasteiger partial charge in [-0.25, -0.2) is 0 Å². The first kappa shape index (κ1) is 15.7. The van der Waals surface area contributed by atoms with Crippen molar-refractivity contribution in [2.24, 2.45) is 17.8 Å².